The van der Waals surface area contributed by atoms with Gasteiger partial charge in [0.05, 0.1) is 25.4 Å². The van der Waals surface area contributed by atoms with E-state index >= 15 is 0 Å². The van der Waals surface area contributed by atoms with E-state index in [1.54, 1.807) is 18.2 Å². The summed E-state index contributed by atoms with van der Waals surface area (Å²) in [6.07, 6.45) is -4.51. The van der Waals surface area contributed by atoms with Crippen molar-refractivity contribution in [3.63, 3.8) is 0 Å². The molecule has 0 aliphatic carbocycles. The topological polar surface area (TPSA) is 139 Å². The summed E-state index contributed by atoms with van der Waals surface area (Å²) in [7, 11) is 0. The van der Waals surface area contributed by atoms with Crippen molar-refractivity contribution in [1.29, 1.82) is 0 Å². The van der Waals surface area contributed by atoms with Gasteiger partial charge in [-0.2, -0.15) is 28.1 Å². The molecule has 10 nitrogen and oxygen atoms in total. The van der Waals surface area contributed by atoms with Gasteiger partial charge in [0.2, 0.25) is 11.9 Å². The Hall–Kier alpha value is -4.75. The lowest BCUT2D eigenvalue weighted by Gasteiger charge is -2.28. The number of amides is 1. The van der Waals surface area contributed by atoms with Crippen LogP contribution >= 0.6 is 0 Å². The Balaban J connectivity index is 1.36. The molecule has 41 heavy (non-hydrogen) atoms. The summed E-state index contributed by atoms with van der Waals surface area (Å²) in [5, 5.41) is 15.9. The Labute approximate surface area is 233 Å². The van der Waals surface area contributed by atoms with E-state index in [4.69, 9.17) is 10.5 Å². The highest BCUT2D eigenvalue weighted by Gasteiger charge is 2.30. The van der Waals surface area contributed by atoms with E-state index in [-0.39, 0.29) is 29.0 Å². The molecule has 5 N–H and O–H groups in total. The first-order chi connectivity index (χ1) is 19.7. The molecule has 0 radical (unpaired) electrons. The van der Waals surface area contributed by atoms with Gasteiger partial charge in [-0.1, -0.05) is 12.1 Å². The van der Waals surface area contributed by atoms with Crippen LogP contribution in [0.25, 0.3) is 11.4 Å². The Bertz CT molecular complexity index is 1520. The number of nitrogens with zero attached hydrogens (tertiary/aromatic N) is 4. The maximum absolute atomic E-state index is 12.9. The molecule has 0 bridgehead atoms. The third-order valence-corrected chi connectivity index (χ3v) is 6.45. The third kappa shape index (κ3) is 6.53. The number of nitrogens with one attached hydrogen (secondary N) is 2. The lowest BCUT2D eigenvalue weighted by Crippen LogP contribution is -2.36. The van der Waals surface area contributed by atoms with E-state index in [1.165, 1.54) is 0 Å². The lowest BCUT2D eigenvalue weighted by atomic mass is 10.0. The Morgan fingerprint density at radius 3 is 2.34 bits per heavy atom. The van der Waals surface area contributed by atoms with E-state index < -0.39 is 24.3 Å². The maximum atomic E-state index is 12.9. The number of benzene rings is 3. The van der Waals surface area contributed by atoms with E-state index in [0.29, 0.717) is 24.3 Å². The first kappa shape index (κ1) is 27.8. The largest absolute Gasteiger partial charge is 0.416 e. The molecule has 2 heterocycles. The number of carbonyl (C=O) groups is 1. The number of alkyl halides is 3. The summed E-state index contributed by atoms with van der Waals surface area (Å²) in [5.41, 5.74) is 7.82. The highest BCUT2D eigenvalue weighted by molar-refractivity contribution is 6.05. The van der Waals surface area contributed by atoms with Crippen LogP contribution in [-0.4, -0.2) is 52.3 Å². The summed E-state index contributed by atoms with van der Waals surface area (Å²) in [5.74, 6) is -0.386. The summed E-state index contributed by atoms with van der Waals surface area (Å²) < 4.78 is 44.0. The van der Waals surface area contributed by atoms with Crippen molar-refractivity contribution in [3.05, 3.63) is 83.4 Å². The van der Waals surface area contributed by atoms with Gasteiger partial charge in [0.25, 0.3) is 5.91 Å². The molecule has 3 aromatic carbocycles. The smallest absolute Gasteiger partial charge is 0.392 e. The Morgan fingerprint density at radius 2 is 1.68 bits per heavy atom. The first-order valence-corrected chi connectivity index (χ1v) is 12.6. The molecule has 5 rings (SSSR count). The molecular formula is C28H26F3N7O3. The second-order valence-corrected chi connectivity index (χ2v) is 9.13. The zero-order valence-electron chi connectivity index (χ0n) is 21.7. The van der Waals surface area contributed by atoms with Crippen LogP contribution < -0.4 is 21.3 Å². The van der Waals surface area contributed by atoms with Gasteiger partial charge >= 0.3 is 6.18 Å². The highest BCUT2D eigenvalue weighted by Crippen LogP contribution is 2.31. The number of rotatable bonds is 7. The minimum Gasteiger partial charge on any atom is -0.392 e. The number of nitrogens with two attached hydrogens (primary N) is 1. The number of halogens is 3. The molecule has 0 atom stereocenters. The average Bonchev–Trinajstić information content (AvgIpc) is 2.97. The number of carbonyl (C=O) groups excluding carboxylic acids is 1. The van der Waals surface area contributed by atoms with Crippen molar-refractivity contribution in [3.8, 4) is 11.4 Å². The number of nitrogen functional groups attached to an aromatic ring is 1. The maximum Gasteiger partial charge on any atom is 0.416 e. The molecular weight excluding hydrogens is 539 g/mol. The SMILES string of the molecule is Nc1nc(Nc2ccc(N3CCOCC3)cc2)nc(-c2cccc(NC(=O)c3ccc(C(F)(F)F)cc3)c2CO)n1. The van der Waals surface area contributed by atoms with E-state index in [9.17, 15) is 23.1 Å². The van der Waals surface area contributed by atoms with Crippen molar-refractivity contribution < 1.29 is 27.8 Å². The fourth-order valence-electron chi connectivity index (χ4n) is 4.36. The molecule has 1 fully saturated rings. The van der Waals surface area contributed by atoms with Crippen molar-refractivity contribution in [2.24, 2.45) is 0 Å². The standard InChI is InChI=1S/C28H26F3N7O3/c29-28(30,31)18-6-4-17(5-7-18)25(40)34-23-3-1-2-21(22(23)16-39)24-35-26(32)37-27(36-24)33-19-8-10-20(11-9-19)38-12-14-41-15-13-38/h1-11,39H,12-16H2,(H,34,40)(H3,32,33,35,36,37). The molecule has 1 amide bonds. The van der Waals surface area contributed by atoms with Gasteiger partial charge in [-0.05, 0) is 54.6 Å². The van der Waals surface area contributed by atoms with Crippen LogP contribution in [0.15, 0.2) is 66.7 Å². The zero-order valence-corrected chi connectivity index (χ0v) is 21.7. The van der Waals surface area contributed by atoms with E-state index in [1.807, 2.05) is 24.3 Å². The van der Waals surface area contributed by atoms with Crippen LogP contribution in [0.3, 0.4) is 0 Å². The number of anilines is 5. The Kier molecular flexibility index (Phi) is 7.99. The predicted molar refractivity (Wildman–Crippen MR) is 148 cm³/mol. The van der Waals surface area contributed by atoms with Gasteiger partial charge in [-0.15, -0.1) is 0 Å². The zero-order chi connectivity index (χ0) is 29.0. The number of aliphatic hydroxyl groups is 1. The van der Waals surface area contributed by atoms with Crippen LogP contribution in [0.4, 0.5) is 42.1 Å². The van der Waals surface area contributed by atoms with Crippen LogP contribution in [0, 0.1) is 0 Å². The number of hydrogen-bond acceptors (Lipinski definition) is 9. The van der Waals surface area contributed by atoms with Crippen LogP contribution in [0.2, 0.25) is 0 Å². The normalized spacial score (nSPS) is 13.6. The number of morpholine rings is 1. The summed E-state index contributed by atoms with van der Waals surface area (Å²) in [6.45, 7) is 2.51. The molecule has 0 spiro atoms. The monoisotopic (exact) mass is 565 g/mol. The fraction of sp³-hybridized carbons (Fsp3) is 0.214. The van der Waals surface area contributed by atoms with Crippen molar-refractivity contribution in [2.75, 3.05) is 47.6 Å². The van der Waals surface area contributed by atoms with Gasteiger partial charge in [-0.3, -0.25) is 4.79 Å². The molecule has 212 valence electrons. The number of ether oxygens (including phenoxy) is 1. The summed E-state index contributed by atoms with van der Waals surface area (Å²) in [6, 6.07) is 16.4. The molecule has 4 aromatic rings. The molecule has 1 aromatic heterocycles. The van der Waals surface area contributed by atoms with Gasteiger partial charge in [-0.25, -0.2) is 0 Å². The van der Waals surface area contributed by atoms with Gasteiger partial charge in [0, 0.05) is 46.8 Å². The van der Waals surface area contributed by atoms with Crippen molar-refractivity contribution >= 4 is 34.9 Å². The Morgan fingerprint density at radius 1 is 0.976 bits per heavy atom. The van der Waals surface area contributed by atoms with Gasteiger partial charge in [0.1, 0.15) is 0 Å². The first-order valence-electron chi connectivity index (χ1n) is 12.6. The number of aliphatic hydroxyl groups excluding tert-OH is 1. The van der Waals surface area contributed by atoms with Gasteiger partial charge < -0.3 is 31.1 Å². The second-order valence-electron chi connectivity index (χ2n) is 9.13. The van der Waals surface area contributed by atoms with Crippen molar-refractivity contribution in [1.82, 2.24) is 15.0 Å². The number of aromatic nitrogens is 3. The van der Waals surface area contributed by atoms with Crippen LogP contribution in [-0.2, 0) is 17.5 Å². The lowest BCUT2D eigenvalue weighted by molar-refractivity contribution is -0.137. The molecule has 1 aliphatic heterocycles. The predicted octanol–water partition coefficient (Wildman–Crippen LogP) is 4.46. The summed E-state index contributed by atoms with van der Waals surface area (Å²) in [4.78, 5) is 27.8. The molecule has 0 saturated carbocycles. The van der Waals surface area contributed by atoms with Crippen molar-refractivity contribution in [2.45, 2.75) is 12.8 Å². The average molecular weight is 566 g/mol. The fourth-order valence-corrected chi connectivity index (χ4v) is 4.36. The van der Waals surface area contributed by atoms with E-state index in [0.717, 1.165) is 48.7 Å². The van der Waals surface area contributed by atoms with Gasteiger partial charge in [0.15, 0.2) is 5.82 Å². The number of hydrogen-bond donors (Lipinski definition) is 4. The minimum absolute atomic E-state index is 0.0165. The molecule has 0 unspecified atom stereocenters. The summed E-state index contributed by atoms with van der Waals surface area (Å²) >= 11 is 0. The second kappa shape index (κ2) is 11.8. The third-order valence-electron chi connectivity index (χ3n) is 6.45. The molecule has 13 heteroatoms. The van der Waals surface area contributed by atoms with Crippen LogP contribution in [0.1, 0.15) is 21.5 Å². The minimum atomic E-state index is -4.51. The van der Waals surface area contributed by atoms with Crippen LogP contribution in [0.5, 0.6) is 0 Å². The molecule has 1 aliphatic rings. The highest BCUT2D eigenvalue weighted by atomic mass is 19.4. The van der Waals surface area contributed by atoms with E-state index in [2.05, 4.69) is 30.5 Å². The quantitative estimate of drug-likeness (QED) is 0.256. The molecule has 1 saturated heterocycles.